The van der Waals surface area contributed by atoms with Gasteiger partial charge >= 0.3 is 15.5 Å². The van der Waals surface area contributed by atoms with Crippen molar-refractivity contribution in [3.63, 3.8) is 0 Å². The van der Waals surface area contributed by atoms with Gasteiger partial charge in [-0.25, -0.2) is 8.42 Å². The third-order valence-electron chi connectivity index (χ3n) is 7.45. The van der Waals surface area contributed by atoms with E-state index in [4.69, 9.17) is 0 Å². The summed E-state index contributed by atoms with van der Waals surface area (Å²) in [6.45, 7) is 0.619. The van der Waals surface area contributed by atoms with E-state index in [2.05, 4.69) is 15.6 Å². The van der Waals surface area contributed by atoms with Crippen molar-refractivity contribution in [2.75, 3.05) is 26.7 Å². The maximum Gasteiger partial charge on any atom is 0.511 e. The molecule has 0 spiro atoms. The molecule has 11 heteroatoms. The average molecular weight is 564 g/mol. The van der Waals surface area contributed by atoms with Crippen LogP contribution in [-0.2, 0) is 10.0 Å². The van der Waals surface area contributed by atoms with Crippen LogP contribution in [0.15, 0.2) is 4.99 Å². The summed E-state index contributed by atoms with van der Waals surface area (Å²) in [5, 5.41) is 6.75. The molecule has 2 N–H and O–H groups in total. The lowest BCUT2D eigenvalue weighted by molar-refractivity contribution is -0.0494. The molecule has 0 amide bonds. The average Bonchev–Trinajstić information content (AvgIpc) is 2.63. The molecule has 30 heavy (non-hydrogen) atoms. The number of aliphatic imine (C=N–C) groups is 1. The van der Waals surface area contributed by atoms with Crippen molar-refractivity contribution in [3.05, 3.63) is 0 Å². The van der Waals surface area contributed by atoms with Gasteiger partial charge in [0.2, 0.25) is 0 Å². The second kappa shape index (κ2) is 8.92. The van der Waals surface area contributed by atoms with E-state index in [1.54, 1.807) is 7.05 Å². The maximum absolute atomic E-state index is 12.7. The van der Waals surface area contributed by atoms with E-state index in [9.17, 15) is 21.6 Å². The van der Waals surface area contributed by atoms with Gasteiger partial charge in [-0.15, -0.1) is 24.0 Å². The molecule has 0 aromatic carbocycles. The third kappa shape index (κ3) is 4.87. The molecule has 0 unspecified atom stereocenters. The van der Waals surface area contributed by atoms with Crippen LogP contribution in [0, 0.1) is 23.2 Å². The minimum absolute atomic E-state index is 0. The number of hydrogen-bond acceptors (Lipinski definition) is 3. The lowest BCUT2D eigenvalue weighted by atomic mass is 9.49. The van der Waals surface area contributed by atoms with E-state index >= 15 is 0 Å². The molecule has 5 fully saturated rings. The number of nitrogens with zero attached hydrogens (tertiary/aromatic N) is 2. The fraction of sp³-hybridized carbons (Fsp3) is 0.947. The van der Waals surface area contributed by atoms with Gasteiger partial charge in [0, 0.05) is 32.7 Å². The highest BCUT2D eigenvalue weighted by atomic mass is 127. The molecule has 4 aliphatic carbocycles. The zero-order chi connectivity index (χ0) is 20.9. The van der Waals surface area contributed by atoms with Gasteiger partial charge < -0.3 is 10.6 Å². The highest BCUT2D eigenvalue weighted by Crippen LogP contribution is 2.59. The molecule has 0 radical (unpaired) electrons. The molecule has 1 aliphatic heterocycles. The van der Waals surface area contributed by atoms with Gasteiger partial charge in [-0.05, 0) is 74.5 Å². The SMILES string of the molecule is CN=C(NCC12CC3CC(CC(C3)C1)C2)NC1CCN(S(=O)(=O)C(F)(F)F)CC1.I. The van der Waals surface area contributed by atoms with Crippen LogP contribution in [0.3, 0.4) is 0 Å². The summed E-state index contributed by atoms with van der Waals surface area (Å²) >= 11 is 0. The minimum Gasteiger partial charge on any atom is -0.356 e. The molecule has 0 atom stereocenters. The lowest BCUT2D eigenvalue weighted by Gasteiger charge is -2.57. The summed E-state index contributed by atoms with van der Waals surface area (Å²) in [7, 11) is -3.54. The number of sulfonamides is 1. The normalized spacial score (nSPS) is 35.2. The van der Waals surface area contributed by atoms with Gasteiger partial charge in [-0.2, -0.15) is 17.5 Å². The van der Waals surface area contributed by atoms with Crippen molar-refractivity contribution in [3.8, 4) is 0 Å². The van der Waals surface area contributed by atoms with Crippen LogP contribution < -0.4 is 10.6 Å². The maximum atomic E-state index is 12.7. The van der Waals surface area contributed by atoms with Crippen molar-refractivity contribution in [2.24, 2.45) is 28.2 Å². The van der Waals surface area contributed by atoms with E-state index in [0.717, 1.165) is 24.3 Å². The van der Waals surface area contributed by atoms with Crippen molar-refractivity contribution in [1.29, 1.82) is 0 Å². The van der Waals surface area contributed by atoms with Crippen molar-refractivity contribution >= 4 is 40.0 Å². The molecule has 4 bridgehead atoms. The zero-order valence-corrected chi connectivity index (χ0v) is 20.4. The van der Waals surface area contributed by atoms with E-state index in [-0.39, 0.29) is 43.1 Å². The predicted octanol–water partition coefficient (Wildman–Crippen LogP) is 3.30. The quantitative estimate of drug-likeness (QED) is 0.313. The molecule has 1 heterocycles. The van der Waals surface area contributed by atoms with Gasteiger partial charge in [0.25, 0.3) is 0 Å². The summed E-state index contributed by atoms with van der Waals surface area (Å²) in [5.41, 5.74) is -4.88. The van der Waals surface area contributed by atoms with Crippen LogP contribution in [0.5, 0.6) is 0 Å². The molecule has 5 rings (SSSR count). The monoisotopic (exact) mass is 564 g/mol. The van der Waals surface area contributed by atoms with Gasteiger partial charge in [-0.3, -0.25) is 4.99 Å². The van der Waals surface area contributed by atoms with Gasteiger partial charge in [-0.1, -0.05) is 0 Å². The van der Waals surface area contributed by atoms with Crippen molar-refractivity contribution < 1.29 is 21.6 Å². The molecular weight excluding hydrogens is 532 g/mol. The predicted molar refractivity (Wildman–Crippen MR) is 120 cm³/mol. The van der Waals surface area contributed by atoms with Gasteiger partial charge in [0.05, 0.1) is 0 Å². The van der Waals surface area contributed by atoms with Crippen LogP contribution >= 0.6 is 24.0 Å². The summed E-state index contributed by atoms with van der Waals surface area (Å²) in [5.74, 6) is 3.28. The molecule has 0 aromatic heterocycles. The van der Waals surface area contributed by atoms with E-state index in [1.165, 1.54) is 38.5 Å². The number of piperidine rings is 1. The third-order valence-corrected chi connectivity index (χ3v) is 9.08. The Kier molecular flexibility index (Phi) is 7.23. The second-order valence-electron chi connectivity index (χ2n) is 9.61. The number of rotatable bonds is 4. The Morgan fingerprint density at radius 2 is 1.57 bits per heavy atom. The van der Waals surface area contributed by atoms with Gasteiger partial charge in [0.1, 0.15) is 0 Å². The van der Waals surface area contributed by atoms with Crippen molar-refractivity contribution in [1.82, 2.24) is 14.9 Å². The first-order valence-corrected chi connectivity index (χ1v) is 12.1. The Bertz CT molecular complexity index is 716. The topological polar surface area (TPSA) is 73.8 Å². The smallest absolute Gasteiger partial charge is 0.356 e. The molecular formula is C19H32F3IN4O2S. The molecule has 174 valence electrons. The van der Waals surface area contributed by atoms with Crippen LogP contribution in [0.25, 0.3) is 0 Å². The minimum atomic E-state index is -5.23. The summed E-state index contributed by atoms with van der Waals surface area (Å²) in [6, 6.07) is -0.0859. The largest absolute Gasteiger partial charge is 0.511 e. The number of hydrogen-bond donors (Lipinski definition) is 2. The number of guanidine groups is 1. The zero-order valence-electron chi connectivity index (χ0n) is 17.2. The van der Waals surface area contributed by atoms with E-state index in [0.29, 0.717) is 28.5 Å². The number of nitrogens with one attached hydrogen (secondary N) is 2. The summed E-state index contributed by atoms with van der Waals surface area (Å²) in [4.78, 5) is 4.29. The Balaban J connectivity index is 0.00000256. The highest BCUT2D eigenvalue weighted by molar-refractivity contribution is 14.0. The fourth-order valence-corrected chi connectivity index (χ4v) is 7.54. The van der Waals surface area contributed by atoms with Crippen LogP contribution in [0.4, 0.5) is 13.2 Å². The Hall–Kier alpha value is -0.300. The van der Waals surface area contributed by atoms with Crippen LogP contribution in [0.2, 0.25) is 0 Å². The van der Waals surface area contributed by atoms with E-state index in [1.807, 2.05) is 0 Å². The van der Waals surface area contributed by atoms with Gasteiger partial charge in [0.15, 0.2) is 5.96 Å². The van der Waals surface area contributed by atoms with E-state index < -0.39 is 15.5 Å². The molecule has 6 nitrogen and oxygen atoms in total. The van der Waals surface area contributed by atoms with Crippen molar-refractivity contribution in [2.45, 2.75) is 62.9 Å². The Labute approximate surface area is 193 Å². The first-order chi connectivity index (χ1) is 13.6. The standard InChI is InChI=1S/C19H31F3N4O2S.HI/c1-23-17(24-12-18-9-13-6-14(10-18)8-15(7-13)11-18)25-16-2-4-26(5-3-16)29(27,28)19(20,21)22;/h13-16H,2-12H2,1H3,(H2,23,24,25);1H. The molecule has 4 saturated carbocycles. The molecule has 0 aromatic rings. The Morgan fingerprint density at radius 3 is 2.00 bits per heavy atom. The summed E-state index contributed by atoms with van der Waals surface area (Å²) in [6.07, 6.45) is 8.70. The second-order valence-corrected chi connectivity index (χ2v) is 11.5. The fourth-order valence-electron chi connectivity index (χ4n) is 6.55. The molecule has 1 saturated heterocycles. The lowest BCUT2D eigenvalue weighted by Crippen LogP contribution is -2.55. The van der Waals surface area contributed by atoms with Crippen LogP contribution in [0.1, 0.15) is 51.4 Å². The number of halogens is 4. The summed E-state index contributed by atoms with van der Waals surface area (Å²) < 4.78 is 61.8. The highest BCUT2D eigenvalue weighted by Gasteiger charge is 2.51. The Morgan fingerprint density at radius 1 is 1.07 bits per heavy atom. The molecule has 5 aliphatic rings. The first kappa shape index (κ1) is 24.3. The van der Waals surface area contributed by atoms with Crippen LogP contribution in [-0.4, -0.2) is 56.9 Å². The first-order valence-electron chi connectivity index (χ1n) is 10.6. The number of alkyl halides is 3.